The first-order chi connectivity index (χ1) is 6.18. The molecule has 0 saturated carbocycles. The summed E-state index contributed by atoms with van der Waals surface area (Å²) < 4.78 is 13.4. The second kappa shape index (κ2) is 2.83. The van der Waals surface area contributed by atoms with Crippen LogP contribution >= 0.6 is 0 Å². The van der Waals surface area contributed by atoms with Crippen molar-refractivity contribution in [2.24, 2.45) is 0 Å². The van der Waals surface area contributed by atoms with Crippen molar-refractivity contribution in [3.05, 3.63) is 29.8 Å². The molecule has 0 spiro atoms. The van der Waals surface area contributed by atoms with E-state index in [9.17, 15) is 4.39 Å². The molecule has 2 aromatic rings. The van der Waals surface area contributed by atoms with Crippen molar-refractivity contribution in [2.75, 3.05) is 0 Å². The molecule has 0 aliphatic heterocycles. The van der Waals surface area contributed by atoms with Gasteiger partial charge in [0.15, 0.2) is 5.82 Å². The van der Waals surface area contributed by atoms with Crippen LogP contribution in [0, 0.1) is 5.82 Å². The van der Waals surface area contributed by atoms with Gasteiger partial charge in [0.2, 0.25) is 0 Å². The number of fused-ring (bicyclic) bond motifs is 1. The second-order valence-corrected chi connectivity index (χ2v) is 3.46. The van der Waals surface area contributed by atoms with E-state index in [2.05, 4.69) is 9.97 Å². The number of nitrogens with one attached hydrogen (secondary N) is 1. The molecule has 2 nitrogen and oxygen atoms in total. The monoisotopic (exact) mass is 178 g/mol. The summed E-state index contributed by atoms with van der Waals surface area (Å²) in [7, 11) is 0. The maximum atomic E-state index is 13.4. The fourth-order valence-electron chi connectivity index (χ4n) is 1.36. The van der Waals surface area contributed by atoms with Crippen LogP contribution in [0.3, 0.4) is 0 Å². The van der Waals surface area contributed by atoms with Crippen LogP contribution in [-0.2, 0) is 0 Å². The molecule has 0 aliphatic carbocycles. The molecule has 1 heterocycles. The first-order valence-corrected chi connectivity index (χ1v) is 4.31. The Bertz CT molecular complexity index is 431. The summed E-state index contributed by atoms with van der Waals surface area (Å²) in [5.74, 6) is 0.0876. The van der Waals surface area contributed by atoms with Crippen molar-refractivity contribution in [1.29, 1.82) is 0 Å². The third-order valence-corrected chi connectivity index (χ3v) is 2.17. The highest BCUT2D eigenvalue weighted by atomic mass is 19.1. The molecule has 0 unspecified atom stereocenters. The van der Waals surface area contributed by atoms with E-state index < -0.39 is 0 Å². The van der Waals surface area contributed by atoms with Gasteiger partial charge >= 0.3 is 0 Å². The fraction of sp³-hybridized carbons (Fsp3) is 0.300. The fourth-order valence-corrected chi connectivity index (χ4v) is 1.36. The van der Waals surface area contributed by atoms with E-state index in [1.165, 1.54) is 6.33 Å². The number of halogens is 1. The molecule has 1 N–H and O–H groups in total. The topological polar surface area (TPSA) is 28.7 Å². The largest absolute Gasteiger partial charge is 0.344 e. The number of rotatable bonds is 1. The maximum Gasteiger partial charge on any atom is 0.151 e. The molecule has 0 aliphatic rings. The first-order valence-electron chi connectivity index (χ1n) is 4.31. The summed E-state index contributed by atoms with van der Waals surface area (Å²) in [5, 5.41) is 0. The lowest BCUT2D eigenvalue weighted by Gasteiger charge is -2.04. The standard InChI is InChI=1S/C10H11FN2/c1-6(2)7-3-8(11)10-9(4-7)12-5-13-10/h3-6H,1-2H3,(H,12,13). The van der Waals surface area contributed by atoms with Crippen LogP contribution < -0.4 is 0 Å². The average molecular weight is 178 g/mol. The highest BCUT2D eigenvalue weighted by Crippen LogP contribution is 2.21. The second-order valence-electron chi connectivity index (χ2n) is 3.46. The number of hydrogen-bond donors (Lipinski definition) is 1. The van der Waals surface area contributed by atoms with Gasteiger partial charge in [-0.3, -0.25) is 0 Å². The van der Waals surface area contributed by atoms with Crippen molar-refractivity contribution in [2.45, 2.75) is 19.8 Å². The SMILES string of the molecule is CC(C)c1cc(F)c2nc[nH]c2c1. The lowest BCUT2D eigenvalue weighted by Crippen LogP contribution is -1.89. The number of nitrogens with zero attached hydrogens (tertiary/aromatic N) is 1. The number of aromatic amines is 1. The van der Waals surface area contributed by atoms with E-state index in [1.54, 1.807) is 6.07 Å². The van der Waals surface area contributed by atoms with Crippen molar-refractivity contribution in [3.63, 3.8) is 0 Å². The Balaban J connectivity index is 2.70. The van der Waals surface area contributed by atoms with E-state index in [4.69, 9.17) is 0 Å². The Hall–Kier alpha value is -1.38. The van der Waals surface area contributed by atoms with Crippen molar-refractivity contribution >= 4 is 11.0 Å². The molecule has 2 rings (SSSR count). The maximum absolute atomic E-state index is 13.4. The molecule has 0 atom stereocenters. The van der Waals surface area contributed by atoms with E-state index in [0.717, 1.165) is 11.1 Å². The minimum Gasteiger partial charge on any atom is -0.344 e. The normalized spacial score (nSPS) is 11.4. The third kappa shape index (κ3) is 1.30. The molecule has 0 amide bonds. The quantitative estimate of drug-likeness (QED) is 0.714. The Morgan fingerprint density at radius 1 is 1.38 bits per heavy atom. The van der Waals surface area contributed by atoms with Crippen molar-refractivity contribution in [1.82, 2.24) is 9.97 Å². The van der Waals surface area contributed by atoms with Crippen LogP contribution in [0.15, 0.2) is 18.5 Å². The van der Waals surface area contributed by atoms with Gasteiger partial charge in [0.25, 0.3) is 0 Å². The summed E-state index contributed by atoms with van der Waals surface area (Å²) in [6.07, 6.45) is 1.51. The number of benzene rings is 1. The van der Waals surface area contributed by atoms with E-state index in [0.29, 0.717) is 11.4 Å². The van der Waals surface area contributed by atoms with Crippen LogP contribution in [0.5, 0.6) is 0 Å². The minimum absolute atomic E-state index is 0.248. The summed E-state index contributed by atoms with van der Waals surface area (Å²) in [6, 6.07) is 3.49. The summed E-state index contributed by atoms with van der Waals surface area (Å²) >= 11 is 0. The van der Waals surface area contributed by atoms with Gasteiger partial charge in [0.05, 0.1) is 11.8 Å². The molecular formula is C10H11FN2. The highest BCUT2D eigenvalue weighted by molar-refractivity contribution is 5.76. The molecule has 68 valence electrons. The number of imidazole rings is 1. The van der Waals surface area contributed by atoms with Gasteiger partial charge in [-0.25, -0.2) is 9.37 Å². The van der Waals surface area contributed by atoms with Gasteiger partial charge in [-0.2, -0.15) is 0 Å². The van der Waals surface area contributed by atoms with Gasteiger partial charge in [-0.15, -0.1) is 0 Å². The Labute approximate surface area is 75.8 Å². The third-order valence-electron chi connectivity index (χ3n) is 2.17. The van der Waals surface area contributed by atoms with Gasteiger partial charge < -0.3 is 4.98 Å². The van der Waals surface area contributed by atoms with Crippen molar-refractivity contribution in [3.8, 4) is 0 Å². The van der Waals surface area contributed by atoms with Crippen LogP contribution in [0.1, 0.15) is 25.3 Å². The zero-order chi connectivity index (χ0) is 9.42. The van der Waals surface area contributed by atoms with Gasteiger partial charge in [-0.1, -0.05) is 13.8 Å². The molecule has 0 radical (unpaired) electrons. The van der Waals surface area contributed by atoms with Crippen LogP contribution in [0.25, 0.3) is 11.0 Å². The van der Waals surface area contributed by atoms with Gasteiger partial charge in [0, 0.05) is 0 Å². The predicted molar refractivity (Wildman–Crippen MR) is 50.1 cm³/mol. The molecule has 0 bridgehead atoms. The van der Waals surface area contributed by atoms with Gasteiger partial charge in [-0.05, 0) is 23.6 Å². The summed E-state index contributed by atoms with van der Waals surface area (Å²) in [6.45, 7) is 4.08. The molecular weight excluding hydrogens is 167 g/mol. The minimum atomic E-state index is -0.248. The summed E-state index contributed by atoms with van der Waals surface area (Å²) in [4.78, 5) is 6.79. The highest BCUT2D eigenvalue weighted by Gasteiger charge is 2.07. The number of H-pyrrole nitrogens is 1. The van der Waals surface area contributed by atoms with Crippen LogP contribution in [0.2, 0.25) is 0 Å². The van der Waals surface area contributed by atoms with E-state index >= 15 is 0 Å². The molecule has 13 heavy (non-hydrogen) atoms. The van der Waals surface area contributed by atoms with Crippen molar-refractivity contribution < 1.29 is 4.39 Å². The van der Waals surface area contributed by atoms with Crippen LogP contribution in [0.4, 0.5) is 4.39 Å². The van der Waals surface area contributed by atoms with Gasteiger partial charge in [0.1, 0.15) is 5.52 Å². The lowest BCUT2D eigenvalue weighted by atomic mass is 10.0. The van der Waals surface area contributed by atoms with E-state index in [-0.39, 0.29) is 5.82 Å². The zero-order valence-electron chi connectivity index (χ0n) is 7.63. The molecule has 1 aromatic heterocycles. The molecule has 0 saturated heterocycles. The number of aromatic nitrogens is 2. The Kier molecular flexibility index (Phi) is 1.79. The predicted octanol–water partition coefficient (Wildman–Crippen LogP) is 2.83. The lowest BCUT2D eigenvalue weighted by molar-refractivity contribution is 0.633. The first kappa shape index (κ1) is 8.23. The molecule has 0 fully saturated rings. The van der Waals surface area contributed by atoms with Crippen LogP contribution in [-0.4, -0.2) is 9.97 Å². The smallest absolute Gasteiger partial charge is 0.151 e. The van der Waals surface area contributed by atoms with E-state index in [1.807, 2.05) is 19.9 Å². The Morgan fingerprint density at radius 2 is 2.15 bits per heavy atom. The molecule has 3 heteroatoms. The zero-order valence-corrected chi connectivity index (χ0v) is 7.63. The Morgan fingerprint density at radius 3 is 2.85 bits per heavy atom. The average Bonchev–Trinajstić information content (AvgIpc) is 2.51. The number of hydrogen-bond acceptors (Lipinski definition) is 1. The molecule has 1 aromatic carbocycles. The summed E-state index contributed by atoms with van der Waals surface area (Å²) in [5.41, 5.74) is 2.18.